The van der Waals surface area contributed by atoms with Gasteiger partial charge in [0.05, 0.1) is 10.0 Å². The zero-order chi connectivity index (χ0) is 12.0. The first-order valence-electron chi connectivity index (χ1n) is 5.37. The molecule has 0 bridgehead atoms. The van der Waals surface area contributed by atoms with Crippen molar-refractivity contribution in [3.63, 3.8) is 0 Å². The lowest BCUT2D eigenvalue weighted by atomic mass is 10.2. The number of aliphatic hydroxyl groups is 1. The third-order valence-electron chi connectivity index (χ3n) is 2.42. The zero-order valence-corrected chi connectivity index (χ0v) is 10.9. The van der Waals surface area contributed by atoms with Gasteiger partial charge in [-0.15, -0.1) is 0 Å². The smallest absolute Gasteiger partial charge is 0.0637 e. The molecular formula is C12H17Cl2NO. The zero-order valence-electron chi connectivity index (χ0n) is 9.42. The van der Waals surface area contributed by atoms with Gasteiger partial charge in [-0.3, -0.25) is 0 Å². The van der Waals surface area contributed by atoms with Gasteiger partial charge in [0.15, 0.2) is 0 Å². The topological polar surface area (TPSA) is 23.5 Å². The molecule has 0 unspecified atom stereocenters. The number of aliphatic hydroxyl groups excluding tert-OH is 1. The van der Waals surface area contributed by atoms with E-state index in [4.69, 9.17) is 28.3 Å². The SMILES string of the molecule is CN(CCCCO)Cc1cccc(Cl)c1Cl. The van der Waals surface area contributed by atoms with Crippen molar-refractivity contribution in [1.29, 1.82) is 0 Å². The molecule has 0 aliphatic carbocycles. The molecule has 0 spiro atoms. The summed E-state index contributed by atoms with van der Waals surface area (Å²) in [6.45, 7) is 1.99. The summed E-state index contributed by atoms with van der Waals surface area (Å²) in [6, 6.07) is 5.68. The van der Waals surface area contributed by atoms with Crippen molar-refractivity contribution in [3.05, 3.63) is 33.8 Å². The highest BCUT2D eigenvalue weighted by molar-refractivity contribution is 6.42. The van der Waals surface area contributed by atoms with Crippen LogP contribution in [-0.2, 0) is 6.54 Å². The van der Waals surface area contributed by atoms with E-state index < -0.39 is 0 Å². The van der Waals surface area contributed by atoms with Gasteiger partial charge >= 0.3 is 0 Å². The highest BCUT2D eigenvalue weighted by atomic mass is 35.5. The maximum atomic E-state index is 8.69. The second kappa shape index (κ2) is 7.13. The molecule has 0 heterocycles. The van der Waals surface area contributed by atoms with Crippen LogP contribution in [-0.4, -0.2) is 30.2 Å². The molecule has 0 aromatic heterocycles. The van der Waals surface area contributed by atoms with E-state index in [1.165, 1.54) is 0 Å². The van der Waals surface area contributed by atoms with Gasteiger partial charge in [0.25, 0.3) is 0 Å². The largest absolute Gasteiger partial charge is 0.396 e. The molecule has 0 saturated carbocycles. The van der Waals surface area contributed by atoms with Crippen molar-refractivity contribution >= 4 is 23.2 Å². The lowest BCUT2D eigenvalue weighted by molar-refractivity contribution is 0.261. The number of benzene rings is 1. The number of nitrogens with zero attached hydrogens (tertiary/aromatic N) is 1. The number of rotatable bonds is 6. The van der Waals surface area contributed by atoms with Gasteiger partial charge in [-0.2, -0.15) is 0 Å². The van der Waals surface area contributed by atoms with E-state index in [2.05, 4.69) is 4.90 Å². The van der Waals surface area contributed by atoms with E-state index in [1.807, 2.05) is 19.2 Å². The maximum Gasteiger partial charge on any atom is 0.0637 e. The van der Waals surface area contributed by atoms with Crippen molar-refractivity contribution in [3.8, 4) is 0 Å². The second-order valence-electron chi connectivity index (χ2n) is 3.88. The van der Waals surface area contributed by atoms with Gasteiger partial charge in [-0.1, -0.05) is 35.3 Å². The van der Waals surface area contributed by atoms with Crippen molar-refractivity contribution in [1.82, 2.24) is 4.90 Å². The third-order valence-corrected chi connectivity index (χ3v) is 3.28. The molecular weight excluding hydrogens is 245 g/mol. The van der Waals surface area contributed by atoms with Gasteiger partial charge in [0, 0.05) is 13.2 Å². The molecule has 0 saturated heterocycles. The molecule has 90 valence electrons. The molecule has 0 atom stereocenters. The Kier molecular flexibility index (Phi) is 6.14. The summed E-state index contributed by atoms with van der Waals surface area (Å²) in [4.78, 5) is 2.17. The Labute approximate surface area is 107 Å². The molecule has 2 nitrogen and oxygen atoms in total. The summed E-state index contributed by atoms with van der Waals surface area (Å²) in [5.41, 5.74) is 1.04. The summed E-state index contributed by atoms with van der Waals surface area (Å²) >= 11 is 12.0. The molecule has 1 aromatic rings. The molecule has 0 radical (unpaired) electrons. The monoisotopic (exact) mass is 261 g/mol. The minimum absolute atomic E-state index is 0.256. The van der Waals surface area contributed by atoms with Crippen LogP contribution in [0, 0.1) is 0 Å². The van der Waals surface area contributed by atoms with E-state index in [0.29, 0.717) is 10.0 Å². The van der Waals surface area contributed by atoms with Crippen LogP contribution in [0.2, 0.25) is 10.0 Å². The standard InChI is InChI=1S/C12H17Cl2NO/c1-15(7-2-3-8-16)9-10-5-4-6-11(13)12(10)14/h4-6,16H,2-3,7-9H2,1H3. The van der Waals surface area contributed by atoms with E-state index in [9.17, 15) is 0 Å². The van der Waals surface area contributed by atoms with E-state index in [0.717, 1.165) is 31.5 Å². The van der Waals surface area contributed by atoms with Gasteiger partial charge in [0.1, 0.15) is 0 Å². The summed E-state index contributed by atoms with van der Waals surface area (Å²) in [6.07, 6.45) is 1.83. The Hall–Kier alpha value is -0.280. The number of hydrogen-bond donors (Lipinski definition) is 1. The maximum absolute atomic E-state index is 8.69. The average molecular weight is 262 g/mol. The molecule has 1 N–H and O–H groups in total. The van der Waals surface area contributed by atoms with Crippen molar-refractivity contribution in [2.75, 3.05) is 20.2 Å². The molecule has 0 aliphatic rings. The Morgan fingerprint density at radius 1 is 1.25 bits per heavy atom. The van der Waals surface area contributed by atoms with Gasteiger partial charge < -0.3 is 10.0 Å². The Bertz CT molecular complexity index is 331. The Morgan fingerprint density at radius 2 is 2.00 bits per heavy atom. The summed E-state index contributed by atoms with van der Waals surface area (Å²) in [7, 11) is 2.04. The molecule has 0 amide bonds. The summed E-state index contributed by atoms with van der Waals surface area (Å²) < 4.78 is 0. The van der Waals surface area contributed by atoms with Crippen LogP contribution in [0.5, 0.6) is 0 Å². The fraction of sp³-hybridized carbons (Fsp3) is 0.500. The molecule has 1 aromatic carbocycles. The van der Waals surface area contributed by atoms with Crippen LogP contribution in [0.4, 0.5) is 0 Å². The van der Waals surface area contributed by atoms with Crippen molar-refractivity contribution in [2.24, 2.45) is 0 Å². The van der Waals surface area contributed by atoms with Crippen molar-refractivity contribution < 1.29 is 5.11 Å². The highest BCUT2D eigenvalue weighted by Crippen LogP contribution is 2.26. The highest BCUT2D eigenvalue weighted by Gasteiger charge is 2.06. The second-order valence-corrected chi connectivity index (χ2v) is 4.67. The summed E-state index contributed by atoms with van der Waals surface area (Å²) in [5, 5.41) is 9.93. The van der Waals surface area contributed by atoms with Gasteiger partial charge in [0.2, 0.25) is 0 Å². The minimum Gasteiger partial charge on any atom is -0.396 e. The Morgan fingerprint density at radius 3 is 2.69 bits per heavy atom. The van der Waals surface area contributed by atoms with Crippen LogP contribution >= 0.6 is 23.2 Å². The summed E-state index contributed by atoms with van der Waals surface area (Å²) in [5.74, 6) is 0. The van der Waals surface area contributed by atoms with Crippen LogP contribution in [0.15, 0.2) is 18.2 Å². The molecule has 4 heteroatoms. The predicted octanol–water partition coefficient (Wildman–Crippen LogP) is 3.20. The van der Waals surface area contributed by atoms with E-state index in [-0.39, 0.29) is 6.61 Å². The first kappa shape index (κ1) is 13.8. The van der Waals surface area contributed by atoms with Crippen molar-refractivity contribution in [2.45, 2.75) is 19.4 Å². The number of unbranched alkanes of at least 4 members (excludes halogenated alkanes) is 1. The van der Waals surface area contributed by atoms with Gasteiger partial charge in [-0.05, 0) is 38.1 Å². The third kappa shape index (κ3) is 4.30. The fourth-order valence-corrected chi connectivity index (χ4v) is 1.91. The number of hydrogen-bond acceptors (Lipinski definition) is 2. The quantitative estimate of drug-likeness (QED) is 0.796. The Balaban J connectivity index is 2.49. The molecule has 0 fully saturated rings. The first-order valence-corrected chi connectivity index (χ1v) is 6.13. The minimum atomic E-state index is 0.256. The molecule has 1 rings (SSSR count). The normalized spacial score (nSPS) is 11.1. The first-order chi connectivity index (χ1) is 7.65. The average Bonchev–Trinajstić information content (AvgIpc) is 2.25. The van der Waals surface area contributed by atoms with Crippen LogP contribution < -0.4 is 0 Å². The molecule has 16 heavy (non-hydrogen) atoms. The van der Waals surface area contributed by atoms with Gasteiger partial charge in [-0.25, -0.2) is 0 Å². The fourth-order valence-electron chi connectivity index (χ4n) is 1.53. The predicted molar refractivity (Wildman–Crippen MR) is 69.1 cm³/mol. The van der Waals surface area contributed by atoms with Crippen LogP contribution in [0.3, 0.4) is 0 Å². The van der Waals surface area contributed by atoms with Crippen LogP contribution in [0.1, 0.15) is 18.4 Å². The number of halogens is 2. The van der Waals surface area contributed by atoms with Crippen LogP contribution in [0.25, 0.3) is 0 Å². The lowest BCUT2D eigenvalue weighted by Crippen LogP contribution is -2.19. The molecule has 0 aliphatic heterocycles. The lowest BCUT2D eigenvalue weighted by Gasteiger charge is -2.17. The van der Waals surface area contributed by atoms with E-state index >= 15 is 0 Å². The van der Waals surface area contributed by atoms with E-state index in [1.54, 1.807) is 6.07 Å².